The molecule has 1 saturated heterocycles. The SMILES string of the molecule is CCC(=O)N1CCCC(C(=O)OCc2nc(N)nc(Nc3ccccc3C)n2)C1. The standard InChI is InChI=1S/C20H26N6O3/c1-3-17(27)26-10-6-8-14(11-26)18(28)29-12-16-23-19(21)25-20(24-16)22-15-9-5-4-7-13(15)2/h4-5,7,9,14H,3,6,8,10-12H2,1-2H3,(H3,21,22,23,24,25). The summed E-state index contributed by atoms with van der Waals surface area (Å²) in [6.07, 6.45) is 1.92. The molecule has 0 aliphatic carbocycles. The van der Waals surface area contributed by atoms with Crippen LogP contribution in [-0.4, -0.2) is 44.8 Å². The maximum atomic E-state index is 12.5. The van der Waals surface area contributed by atoms with Crippen LogP contribution in [0.2, 0.25) is 0 Å². The van der Waals surface area contributed by atoms with E-state index in [1.165, 1.54) is 0 Å². The zero-order chi connectivity index (χ0) is 20.8. The molecule has 1 aliphatic rings. The minimum Gasteiger partial charge on any atom is -0.457 e. The van der Waals surface area contributed by atoms with E-state index in [1.807, 2.05) is 38.1 Å². The highest BCUT2D eigenvalue weighted by Crippen LogP contribution is 2.20. The lowest BCUT2D eigenvalue weighted by atomic mass is 9.98. The Labute approximate surface area is 169 Å². The first kappa shape index (κ1) is 20.5. The van der Waals surface area contributed by atoms with Crippen molar-refractivity contribution in [2.45, 2.75) is 39.7 Å². The molecule has 1 amide bonds. The number of hydrogen-bond donors (Lipinski definition) is 2. The smallest absolute Gasteiger partial charge is 0.311 e. The summed E-state index contributed by atoms with van der Waals surface area (Å²) in [5.41, 5.74) is 7.66. The predicted octanol–water partition coefficient (Wildman–Crippen LogP) is 2.20. The lowest BCUT2D eigenvalue weighted by molar-refractivity contribution is -0.153. The largest absolute Gasteiger partial charge is 0.457 e. The van der Waals surface area contributed by atoms with Gasteiger partial charge in [-0.25, -0.2) is 0 Å². The molecule has 1 atom stereocenters. The molecule has 1 fully saturated rings. The van der Waals surface area contributed by atoms with Gasteiger partial charge >= 0.3 is 5.97 Å². The second kappa shape index (κ2) is 9.31. The zero-order valence-corrected chi connectivity index (χ0v) is 16.7. The zero-order valence-electron chi connectivity index (χ0n) is 16.7. The molecule has 0 bridgehead atoms. The Morgan fingerprint density at radius 2 is 2.07 bits per heavy atom. The molecule has 1 aromatic carbocycles. The fourth-order valence-corrected chi connectivity index (χ4v) is 3.27. The molecule has 0 spiro atoms. The number of aryl methyl sites for hydroxylation is 1. The monoisotopic (exact) mass is 398 g/mol. The molecule has 29 heavy (non-hydrogen) atoms. The van der Waals surface area contributed by atoms with Gasteiger partial charge in [0.1, 0.15) is 0 Å². The van der Waals surface area contributed by atoms with Gasteiger partial charge in [-0.2, -0.15) is 15.0 Å². The molecular formula is C20H26N6O3. The van der Waals surface area contributed by atoms with Crippen molar-refractivity contribution in [2.75, 3.05) is 24.1 Å². The quantitative estimate of drug-likeness (QED) is 0.710. The fraction of sp³-hybridized carbons (Fsp3) is 0.450. The molecule has 1 aromatic heterocycles. The number of nitrogens with one attached hydrogen (secondary N) is 1. The van der Waals surface area contributed by atoms with Crippen molar-refractivity contribution in [3.63, 3.8) is 0 Å². The first-order chi connectivity index (χ1) is 14.0. The van der Waals surface area contributed by atoms with Crippen LogP contribution < -0.4 is 11.1 Å². The number of anilines is 3. The number of benzene rings is 1. The van der Waals surface area contributed by atoms with E-state index in [9.17, 15) is 9.59 Å². The highest BCUT2D eigenvalue weighted by atomic mass is 16.5. The normalized spacial score (nSPS) is 16.3. The van der Waals surface area contributed by atoms with E-state index < -0.39 is 0 Å². The van der Waals surface area contributed by atoms with E-state index in [0.717, 1.165) is 17.7 Å². The molecule has 0 saturated carbocycles. The Kier molecular flexibility index (Phi) is 6.58. The summed E-state index contributed by atoms with van der Waals surface area (Å²) in [4.78, 5) is 38.5. The van der Waals surface area contributed by atoms with Crippen LogP contribution in [0.1, 0.15) is 37.6 Å². The predicted molar refractivity (Wildman–Crippen MR) is 108 cm³/mol. The van der Waals surface area contributed by atoms with Crippen LogP contribution in [0.3, 0.4) is 0 Å². The Hall–Kier alpha value is -3.23. The second-order valence-electron chi connectivity index (χ2n) is 7.01. The molecule has 2 heterocycles. The minimum atomic E-state index is -0.356. The van der Waals surface area contributed by atoms with Gasteiger partial charge in [0.15, 0.2) is 12.4 Å². The molecule has 3 rings (SSSR count). The average molecular weight is 398 g/mol. The maximum Gasteiger partial charge on any atom is 0.311 e. The maximum absolute atomic E-state index is 12.5. The lowest BCUT2D eigenvalue weighted by Crippen LogP contribution is -2.42. The Morgan fingerprint density at radius 3 is 2.83 bits per heavy atom. The molecule has 9 nitrogen and oxygen atoms in total. The number of nitrogens with two attached hydrogens (primary N) is 1. The summed E-state index contributed by atoms with van der Waals surface area (Å²) >= 11 is 0. The van der Waals surface area contributed by atoms with Gasteiger partial charge in [0.2, 0.25) is 17.8 Å². The first-order valence-electron chi connectivity index (χ1n) is 9.73. The van der Waals surface area contributed by atoms with Gasteiger partial charge in [-0.15, -0.1) is 0 Å². The number of esters is 1. The molecule has 9 heteroatoms. The van der Waals surface area contributed by atoms with Crippen molar-refractivity contribution in [3.8, 4) is 0 Å². The van der Waals surface area contributed by atoms with E-state index in [1.54, 1.807) is 4.90 Å². The Bertz CT molecular complexity index is 888. The number of nitrogens with zero attached hydrogens (tertiary/aromatic N) is 4. The second-order valence-corrected chi connectivity index (χ2v) is 7.01. The number of ether oxygens (including phenoxy) is 1. The van der Waals surface area contributed by atoms with E-state index in [2.05, 4.69) is 20.3 Å². The van der Waals surface area contributed by atoms with Crippen LogP contribution in [0.4, 0.5) is 17.6 Å². The van der Waals surface area contributed by atoms with Gasteiger partial charge in [-0.3, -0.25) is 9.59 Å². The number of carbonyl (C=O) groups excluding carboxylic acids is 2. The third-order valence-electron chi connectivity index (χ3n) is 4.84. The molecule has 0 radical (unpaired) electrons. The first-order valence-corrected chi connectivity index (χ1v) is 9.73. The van der Waals surface area contributed by atoms with Gasteiger partial charge in [0.25, 0.3) is 0 Å². The third-order valence-corrected chi connectivity index (χ3v) is 4.84. The van der Waals surface area contributed by atoms with Crippen molar-refractivity contribution in [2.24, 2.45) is 5.92 Å². The highest BCUT2D eigenvalue weighted by Gasteiger charge is 2.29. The Morgan fingerprint density at radius 1 is 1.28 bits per heavy atom. The van der Waals surface area contributed by atoms with Gasteiger partial charge in [0, 0.05) is 25.2 Å². The number of piperidine rings is 1. The van der Waals surface area contributed by atoms with Crippen molar-refractivity contribution in [3.05, 3.63) is 35.7 Å². The summed E-state index contributed by atoms with van der Waals surface area (Å²) in [7, 11) is 0. The van der Waals surface area contributed by atoms with Crippen LogP contribution in [0.5, 0.6) is 0 Å². The van der Waals surface area contributed by atoms with Gasteiger partial charge in [0.05, 0.1) is 5.92 Å². The highest BCUT2D eigenvalue weighted by molar-refractivity contribution is 5.78. The summed E-state index contributed by atoms with van der Waals surface area (Å²) in [5.74, 6) is -0.0392. The summed E-state index contributed by atoms with van der Waals surface area (Å²) in [6, 6.07) is 7.71. The van der Waals surface area contributed by atoms with Crippen LogP contribution in [0.25, 0.3) is 0 Å². The van der Waals surface area contributed by atoms with E-state index in [4.69, 9.17) is 10.5 Å². The third kappa shape index (κ3) is 5.40. The number of amides is 1. The van der Waals surface area contributed by atoms with Crippen molar-refractivity contribution >= 4 is 29.5 Å². The number of hydrogen-bond acceptors (Lipinski definition) is 8. The summed E-state index contributed by atoms with van der Waals surface area (Å²) in [5, 5.41) is 3.10. The van der Waals surface area contributed by atoms with Crippen molar-refractivity contribution in [1.82, 2.24) is 19.9 Å². The lowest BCUT2D eigenvalue weighted by Gasteiger charge is -2.31. The summed E-state index contributed by atoms with van der Waals surface area (Å²) < 4.78 is 5.40. The molecule has 1 unspecified atom stereocenters. The van der Waals surface area contributed by atoms with Gasteiger partial charge < -0.3 is 20.7 Å². The van der Waals surface area contributed by atoms with Crippen LogP contribution in [0.15, 0.2) is 24.3 Å². The van der Waals surface area contributed by atoms with E-state index >= 15 is 0 Å². The molecule has 1 aliphatic heterocycles. The number of para-hydroxylation sites is 1. The van der Waals surface area contributed by atoms with Crippen LogP contribution in [-0.2, 0) is 20.9 Å². The minimum absolute atomic E-state index is 0.0412. The number of carbonyl (C=O) groups is 2. The van der Waals surface area contributed by atoms with Crippen molar-refractivity contribution in [1.29, 1.82) is 0 Å². The number of likely N-dealkylation sites (tertiary alicyclic amines) is 1. The average Bonchev–Trinajstić information content (AvgIpc) is 2.73. The molecule has 2 aromatic rings. The molecular weight excluding hydrogens is 372 g/mol. The molecule has 154 valence electrons. The van der Waals surface area contributed by atoms with Crippen LogP contribution >= 0.6 is 0 Å². The molecule has 3 N–H and O–H groups in total. The van der Waals surface area contributed by atoms with Crippen LogP contribution in [0, 0.1) is 12.8 Å². The van der Waals surface area contributed by atoms with E-state index in [0.29, 0.717) is 25.9 Å². The summed E-state index contributed by atoms with van der Waals surface area (Å²) in [6.45, 7) is 4.76. The van der Waals surface area contributed by atoms with Gasteiger partial charge in [-0.05, 0) is 31.4 Å². The number of nitrogen functional groups attached to an aromatic ring is 1. The number of aromatic nitrogens is 3. The number of rotatable bonds is 6. The van der Waals surface area contributed by atoms with E-state index in [-0.39, 0.29) is 42.1 Å². The Balaban J connectivity index is 1.61. The topological polar surface area (TPSA) is 123 Å². The van der Waals surface area contributed by atoms with Gasteiger partial charge in [-0.1, -0.05) is 25.1 Å². The fourth-order valence-electron chi connectivity index (χ4n) is 3.27. The van der Waals surface area contributed by atoms with Crippen molar-refractivity contribution < 1.29 is 14.3 Å².